The predicted octanol–water partition coefficient (Wildman–Crippen LogP) is 4.06. The van der Waals surface area contributed by atoms with Crippen LogP contribution in [-0.4, -0.2) is 40.2 Å². The number of imidazole rings is 1. The molecule has 6 rings (SSSR count). The van der Waals surface area contributed by atoms with Crippen LogP contribution in [0.25, 0.3) is 6.08 Å². The van der Waals surface area contributed by atoms with Crippen LogP contribution in [0.5, 0.6) is 0 Å². The Kier molecular flexibility index (Phi) is 6.46. The zero-order valence-electron chi connectivity index (χ0n) is 20.9. The van der Waals surface area contributed by atoms with Crippen molar-refractivity contribution in [1.29, 1.82) is 0 Å². The molecule has 194 valence electrons. The van der Waals surface area contributed by atoms with Gasteiger partial charge >= 0.3 is 0 Å². The van der Waals surface area contributed by atoms with Crippen LogP contribution < -0.4 is 15.5 Å². The highest BCUT2D eigenvalue weighted by atomic mass is 19.1. The normalized spacial score (nSPS) is 16.1. The molecular weight excluding hydrogens is 495 g/mol. The van der Waals surface area contributed by atoms with Crippen molar-refractivity contribution in [2.24, 2.45) is 4.99 Å². The first-order valence-corrected chi connectivity index (χ1v) is 12.6. The van der Waals surface area contributed by atoms with E-state index in [1.165, 1.54) is 12.1 Å². The molecule has 2 amide bonds. The van der Waals surface area contributed by atoms with E-state index in [1.54, 1.807) is 41.7 Å². The Labute approximate surface area is 224 Å². The summed E-state index contributed by atoms with van der Waals surface area (Å²) in [5.74, 6) is -1.29. The van der Waals surface area contributed by atoms with Gasteiger partial charge in [0.25, 0.3) is 5.91 Å². The molecule has 0 saturated heterocycles. The Balaban J connectivity index is 1.28. The Morgan fingerprint density at radius 1 is 1.08 bits per heavy atom. The van der Waals surface area contributed by atoms with Crippen molar-refractivity contribution in [3.63, 3.8) is 0 Å². The van der Waals surface area contributed by atoms with E-state index in [9.17, 15) is 14.0 Å². The van der Waals surface area contributed by atoms with Crippen LogP contribution in [0.1, 0.15) is 27.9 Å². The Bertz CT molecular complexity index is 1610. The summed E-state index contributed by atoms with van der Waals surface area (Å²) in [6.45, 7) is 1.02. The average Bonchev–Trinajstić information content (AvgIpc) is 3.62. The lowest BCUT2D eigenvalue weighted by atomic mass is 9.98. The Morgan fingerprint density at radius 3 is 2.74 bits per heavy atom. The molecule has 0 saturated carbocycles. The molecule has 4 aromatic rings. The summed E-state index contributed by atoms with van der Waals surface area (Å²) < 4.78 is 14.9. The second kappa shape index (κ2) is 10.4. The SMILES string of the molecule is O=C(C=Cc1ccccc1NCc1cnc[nH]1)NC1N=C(c2ccccc2F)c2cccc3c2N(CC3)C1=O. The van der Waals surface area contributed by atoms with Crippen LogP contribution in [-0.2, 0) is 22.6 Å². The number of halogens is 1. The van der Waals surface area contributed by atoms with Crippen molar-refractivity contribution in [3.8, 4) is 0 Å². The number of amides is 2. The van der Waals surface area contributed by atoms with Gasteiger partial charge in [0.1, 0.15) is 5.82 Å². The lowest BCUT2D eigenvalue weighted by molar-refractivity contribution is -0.125. The van der Waals surface area contributed by atoms with Crippen molar-refractivity contribution in [3.05, 3.63) is 119 Å². The molecule has 1 aromatic heterocycles. The number of rotatable bonds is 7. The van der Waals surface area contributed by atoms with Gasteiger partial charge in [-0.1, -0.05) is 48.5 Å². The van der Waals surface area contributed by atoms with Crippen LogP contribution in [0.3, 0.4) is 0 Å². The van der Waals surface area contributed by atoms with Crippen molar-refractivity contribution >= 4 is 35.0 Å². The summed E-state index contributed by atoms with van der Waals surface area (Å²) in [6.07, 6.45) is 5.88. The molecule has 39 heavy (non-hydrogen) atoms. The number of aromatic amines is 1. The molecule has 3 aromatic carbocycles. The van der Waals surface area contributed by atoms with Crippen molar-refractivity contribution in [2.75, 3.05) is 16.8 Å². The van der Waals surface area contributed by atoms with Crippen LogP contribution in [0.2, 0.25) is 0 Å². The third kappa shape index (κ3) is 4.82. The topological polar surface area (TPSA) is 102 Å². The minimum Gasteiger partial charge on any atom is -0.379 e. The molecule has 3 heterocycles. The number of benzene rings is 3. The highest BCUT2D eigenvalue weighted by molar-refractivity contribution is 6.21. The molecule has 0 radical (unpaired) electrons. The molecule has 1 unspecified atom stereocenters. The zero-order chi connectivity index (χ0) is 26.8. The van der Waals surface area contributed by atoms with Crippen molar-refractivity contribution in [2.45, 2.75) is 19.1 Å². The van der Waals surface area contributed by atoms with Gasteiger partial charge in [0.05, 0.1) is 30.0 Å². The van der Waals surface area contributed by atoms with Crippen molar-refractivity contribution in [1.82, 2.24) is 15.3 Å². The number of nitrogens with zero attached hydrogens (tertiary/aromatic N) is 3. The zero-order valence-corrected chi connectivity index (χ0v) is 20.9. The fourth-order valence-corrected chi connectivity index (χ4v) is 4.95. The first-order valence-electron chi connectivity index (χ1n) is 12.6. The maximum Gasteiger partial charge on any atom is 0.272 e. The summed E-state index contributed by atoms with van der Waals surface area (Å²) >= 11 is 0. The van der Waals surface area contributed by atoms with Gasteiger partial charge in [-0.15, -0.1) is 0 Å². The summed E-state index contributed by atoms with van der Waals surface area (Å²) in [5.41, 5.74) is 5.57. The largest absolute Gasteiger partial charge is 0.379 e. The third-order valence-corrected chi connectivity index (χ3v) is 6.81. The maximum atomic E-state index is 14.9. The second-order valence-corrected chi connectivity index (χ2v) is 9.27. The van der Waals surface area contributed by atoms with Crippen LogP contribution in [0, 0.1) is 5.82 Å². The van der Waals surface area contributed by atoms with E-state index in [0.717, 1.165) is 28.2 Å². The van der Waals surface area contributed by atoms with Gasteiger partial charge in [-0.05, 0) is 41.8 Å². The molecule has 2 aliphatic heterocycles. The number of carbonyl (C=O) groups is 2. The standard InChI is InChI=1S/C30H25FN6O2/c31-24-10-3-2-8-22(24)27-23-9-5-7-20-14-15-37(28(20)23)30(39)29(36-27)35-26(38)13-12-19-6-1-4-11-25(19)33-17-21-16-32-18-34-21/h1-13,16,18,29,33H,14-15,17H2,(H,32,34)(H,35,38). The fraction of sp³-hybridized carbons (Fsp3) is 0.133. The van der Waals surface area contributed by atoms with Crippen LogP contribution >= 0.6 is 0 Å². The summed E-state index contributed by atoms with van der Waals surface area (Å²) in [6, 6.07) is 19.6. The number of hydrogen-bond donors (Lipinski definition) is 3. The molecule has 0 aliphatic carbocycles. The second-order valence-electron chi connectivity index (χ2n) is 9.27. The van der Waals surface area contributed by atoms with E-state index in [2.05, 4.69) is 25.6 Å². The molecule has 0 bridgehead atoms. The molecule has 1 atom stereocenters. The van der Waals surface area contributed by atoms with E-state index in [4.69, 9.17) is 0 Å². The maximum absolute atomic E-state index is 14.9. The minimum absolute atomic E-state index is 0.277. The average molecular weight is 521 g/mol. The molecule has 3 N–H and O–H groups in total. The van der Waals surface area contributed by atoms with E-state index in [-0.39, 0.29) is 11.5 Å². The number of aromatic nitrogens is 2. The minimum atomic E-state index is -1.20. The van der Waals surface area contributed by atoms with Gasteiger partial charge < -0.3 is 20.5 Å². The molecule has 2 aliphatic rings. The molecule has 8 nitrogen and oxygen atoms in total. The highest BCUT2D eigenvalue weighted by Gasteiger charge is 2.37. The van der Waals surface area contributed by atoms with Crippen LogP contribution in [0.4, 0.5) is 15.8 Å². The number of nitrogens with one attached hydrogen (secondary N) is 3. The predicted molar refractivity (Wildman–Crippen MR) is 148 cm³/mol. The molecule has 0 spiro atoms. The number of carbonyl (C=O) groups excluding carboxylic acids is 2. The number of H-pyrrole nitrogens is 1. The summed E-state index contributed by atoms with van der Waals surface area (Å²) in [7, 11) is 0. The summed E-state index contributed by atoms with van der Waals surface area (Å²) in [5, 5.41) is 6.06. The number of anilines is 2. The summed E-state index contributed by atoms with van der Waals surface area (Å²) in [4.78, 5) is 39.9. The van der Waals surface area contributed by atoms with E-state index >= 15 is 0 Å². The van der Waals surface area contributed by atoms with Gasteiger partial charge in [0.15, 0.2) is 0 Å². The van der Waals surface area contributed by atoms with Gasteiger partial charge in [0, 0.05) is 35.6 Å². The van der Waals surface area contributed by atoms with Gasteiger partial charge in [-0.2, -0.15) is 0 Å². The number of aliphatic imine (C=N–C) groups is 1. The lowest BCUT2D eigenvalue weighted by Crippen LogP contribution is -2.46. The van der Waals surface area contributed by atoms with E-state index < -0.39 is 17.9 Å². The first kappa shape index (κ1) is 24.3. The Morgan fingerprint density at radius 2 is 1.90 bits per heavy atom. The first-order chi connectivity index (χ1) is 19.1. The molecule has 0 fully saturated rings. The molecule has 9 heteroatoms. The van der Waals surface area contributed by atoms with E-state index in [1.807, 2.05) is 42.5 Å². The third-order valence-electron chi connectivity index (χ3n) is 6.81. The van der Waals surface area contributed by atoms with Gasteiger partial charge in [-0.3, -0.25) is 9.59 Å². The van der Waals surface area contributed by atoms with E-state index in [0.29, 0.717) is 30.8 Å². The van der Waals surface area contributed by atoms with Crippen LogP contribution in [0.15, 0.2) is 90.3 Å². The highest BCUT2D eigenvalue weighted by Crippen LogP contribution is 2.36. The smallest absolute Gasteiger partial charge is 0.272 e. The lowest BCUT2D eigenvalue weighted by Gasteiger charge is -2.20. The fourth-order valence-electron chi connectivity index (χ4n) is 4.95. The number of hydrogen-bond acceptors (Lipinski definition) is 5. The van der Waals surface area contributed by atoms with Crippen molar-refractivity contribution < 1.29 is 14.0 Å². The quantitative estimate of drug-likeness (QED) is 0.320. The monoisotopic (exact) mass is 520 g/mol. The van der Waals surface area contributed by atoms with Gasteiger partial charge in [0.2, 0.25) is 12.1 Å². The Hall–Kier alpha value is -5.05. The molecular formula is C30H25FN6O2. The number of para-hydroxylation sites is 2. The van der Waals surface area contributed by atoms with Gasteiger partial charge in [-0.25, -0.2) is 14.4 Å².